The van der Waals surface area contributed by atoms with E-state index in [0.717, 1.165) is 18.7 Å². The zero-order valence-corrected chi connectivity index (χ0v) is 7.66. The lowest BCUT2D eigenvalue weighted by Crippen LogP contribution is -2.22. The molecule has 66 valence electrons. The highest BCUT2D eigenvalue weighted by Crippen LogP contribution is 2.25. The van der Waals surface area contributed by atoms with Gasteiger partial charge in [0.2, 0.25) is 0 Å². The first-order chi connectivity index (χ1) is 5.77. The summed E-state index contributed by atoms with van der Waals surface area (Å²) in [5.41, 5.74) is 0. The van der Waals surface area contributed by atoms with Gasteiger partial charge in [-0.1, -0.05) is 19.9 Å². The smallest absolute Gasteiger partial charge is 0.187 e. The van der Waals surface area contributed by atoms with Gasteiger partial charge in [0.15, 0.2) is 5.90 Å². The SMILES string of the molecule is CC(C)C1=N[C@@H]2CCC=C[C@@H]2O1. The molecule has 0 aromatic rings. The molecular formula is C10H15NO. The molecule has 0 saturated heterocycles. The third kappa shape index (κ3) is 1.26. The molecule has 12 heavy (non-hydrogen) atoms. The molecule has 0 fully saturated rings. The van der Waals surface area contributed by atoms with Crippen molar-refractivity contribution in [2.45, 2.75) is 38.8 Å². The second-order valence-electron chi connectivity index (χ2n) is 3.78. The molecule has 2 heteroatoms. The van der Waals surface area contributed by atoms with E-state index in [1.807, 2.05) is 0 Å². The maximum Gasteiger partial charge on any atom is 0.187 e. The molecule has 0 bridgehead atoms. The second kappa shape index (κ2) is 2.92. The molecule has 0 radical (unpaired) electrons. The van der Waals surface area contributed by atoms with Gasteiger partial charge in [0, 0.05) is 5.92 Å². The standard InChI is InChI=1S/C10H15NO/c1-7(2)10-11-8-5-3-4-6-9(8)12-10/h4,6-9H,3,5H2,1-2H3/t8-,9+/m1/s1. The number of fused-ring (bicyclic) bond motifs is 1. The van der Waals surface area contributed by atoms with Crippen LogP contribution in [0.3, 0.4) is 0 Å². The Bertz CT molecular complexity index is 230. The Morgan fingerprint density at radius 3 is 3.08 bits per heavy atom. The molecule has 0 N–H and O–H groups in total. The van der Waals surface area contributed by atoms with E-state index >= 15 is 0 Å². The minimum absolute atomic E-state index is 0.246. The maximum absolute atomic E-state index is 5.69. The van der Waals surface area contributed by atoms with Crippen molar-refractivity contribution in [2.24, 2.45) is 10.9 Å². The van der Waals surface area contributed by atoms with Crippen molar-refractivity contribution in [1.29, 1.82) is 0 Å². The van der Waals surface area contributed by atoms with Gasteiger partial charge in [-0.15, -0.1) is 0 Å². The molecule has 0 aromatic carbocycles. The van der Waals surface area contributed by atoms with Crippen LogP contribution in [-0.2, 0) is 4.74 Å². The number of aliphatic imine (C=N–C) groups is 1. The summed E-state index contributed by atoms with van der Waals surface area (Å²) in [5, 5.41) is 0. The van der Waals surface area contributed by atoms with E-state index < -0.39 is 0 Å². The van der Waals surface area contributed by atoms with Gasteiger partial charge in [0.25, 0.3) is 0 Å². The fourth-order valence-electron chi connectivity index (χ4n) is 1.66. The summed E-state index contributed by atoms with van der Waals surface area (Å²) < 4.78 is 5.69. The highest BCUT2D eigenvalue weighted by atomic mass is 16.5. The molecule has 1 aliphatic heterocycles. The number of ether oxygens (including phenoxy) is 1. The molecule has 2 atom stereocenters. The summed E-state index contributed by atoms with van der Waals surface area (Å²) in [4.78, 5) is 4.55. The van der Waals surface area contributed by atoms with E-state index in [1.165, 1.54) is 0 Å². The first-order valence-corrected chi connectivity index (χ1v) is 4.68. The molecule has 0 aromatic heterocycles. The van der Waals surface area contributed by atoms with E-state index in [0.29, 0.717) is 12.0 Å². The third-order valence-electron chi connectivity index (χ3n) is 2.38. The van der Waals surface area contributed by atoms with Gasteiger partial charge in [-0.05, 0) is 18.9 Å². The number of rotatable bonds is 1. The lowest BCUT2D eigenvalue weighted by molar-refractivity contribution is 0.220. The van der Waals surface area contributed by atoms with E-state index in [2.05, 4.69) is 31.0 Å². The van der Waals surface area contributed by atoms with Gasteiger partial charge in [-0.25, -0.2) is 4.99 Å². The third-order valence-corrected chi connectivity index (χ3v) is 2.38. The van der Waals surface area contributed by atoms with Crippen LogP contribution < -0.4 is 0 Å². The van der Waals surface area contributed by atoms with E-state index in [4.69, 9.17) is 4.74 Å². The van der Waals surface area contributed by atoms with Gasteiger partial charge in [-0.2, -0.15) is 0 Å². The van der Waals surface area contributed by atoms with Crippen LogP contribution in [0.4, 0.5) is 0 Å². The summed E-state index contributed by atoms with van der Waals surface area (Å²) in [7, 11) is 0. The molecule has 0 spiro atoms. The van der Waals surface area contributed by atoms with E-state index in [1.54, 1.807) is 0 Å². The lowest BCUT2D eigenvalue weighted by atomic mass is 10.0. The highest BCUT2D eigenvalue weighted by Gasteiger charge is 2.30. The Balaban J connectivity index is 2.11. The van der Waals surface area contributed by atoms with Crippen LogP contribution in [0.2, 0.25) is 0 Å². The van der Waals surface area contributed by atoms with Crippen LogP contribution in [0.15, 0.2) is 17.1 Å². The van der Waals surface area contributed by atoms with Gasteiger partial charge >= 0.3 is 0 Å². The quantitative estimate of drug-likeness (QED) is 0.545. The molecule has 0 amide bonds. The van der Waals surface area contributed by atoms with E-state index in [9.17, 15) is 0 Å². The molecule has 2 aliphatic rings. The molecule has 2 rings (SSSR count). The van der Waals surface area contributed by atoms with Crippen LogP contribution in [0.5, 0.6) is 0 Å². The molecule has 0 saturated carbocycles. The Hall–Kier alpha value is -0.790. The van der Waals surface area contributed by atoms with Crippen molar-refractivity contribution in [3.8, 4) is 0 Å². The average molecular weight is 165 g/mol. The first kappa shape index (κ1) is 7.84. The summed E-state index contributed by atoms with van der Waals surface area (Å²) in [6.07, 6.45) is 6.89. The Kier molecular flexibility index (Phi) is 1.91. The van der Waals surface area contributed by atoms with Gasteiger partial charge in [0.05, 0.1) is 6.04 Å². The largest absolute Gasteiger partial charge is 0.471 e. The molecule has 1 heterocycles. The first-order valence-electron chi connectivity index (χ1n) is 4.68. The number of allylic oxidation sites excluding steroid dienone is 1. The lowest BCUT2D eigenvalue weighted by Gasteiger charge is -2.17. The van der Waals surface area contributed by atoms with E-state index in [-0.39, 0.29) is 6.10 Å². The van der Waals surface area contributed by atoms with Gasteiger partial charge in [0.1, 0.15) is 6.10 Å². The number of nitrogens with zero attached hydrogens (tertiary/aromatic N) is 1. The minimum atomic E-state index is 0.246. The van der Waals surface area contributed by atoms with Crippen LogP contribution >= 0.6 is 0 Å². The molecule has 2 nitrogen and oxygen atoms in total. The van der Waals surface area contributed by atoms with Crippen molar-refractivity contribution < 1.29 is 4.74 Å². The van der Waals surface area contributed by atoms with Crippen molar-refractivity contribution in [3.05, 3.63) is 12.2 Å². The molecular weight excluding hydrogens is 150 g/mol. The monoisotopic (exact) mass is 165 g/mol. The van der Waals surface area contributed by atoms with Crippen LogP contribution in [0, 0.1) is 5.92 Å². The predicted octanol–water partition coefficient (Wildman–Crippen LogP) is 2.16. The fourth-order valence-corrected chi connectivity index (χ4v) is 1.66. The fraction of sp³-hybridized carbons (Fsp3) is 0.700. The number of hydrogen-bond acceptors (Lipinski definition) is 2. The van der Waals surface area contributed by atoms with Crippen molar-refractivity contribution >= 4 is 5.90 Å². The van der Waals surface area contributed by atoms with Gasteiger partial charge in [-0.3, -0.25) is 0 Å². The molecule has 1 aliphatic carbocycles. The molecule has 0 unspecified atom stereocenters. The summed E-state index contributed by atoms with van der Waals surface area (Å²) in [6.45, 7) is 4.25. The van der Waals surface area contributed by atoms with Crippen molar-refractivity contribution in [3.63, 3.8) is 0 Å². The Morgan fingerprint density at radius 2 is 2.42 bits per heavy atom. The van der Waals surface area contributed by atoms with Crippen LogP contribution in [-0.4, -0.2) is 18.0 Å². The Labute approximate surface area is 73.3 Å². The normalized spacial score (nSPS) is 33.1. The summed E-state index contributed by atoms with van der Waals surface area (Å²) in [6, 6.07) is 0.410. The maximum atomic E-state index is 5.69. The van der Waals surface area contributed by atoms with Crippen molar-refractivity contribution in [2.75, 3.05) is 0 Å². The Morgan fingerprint density at radius 1 is 1.58 bits per heavy atom. The predicted molar refractivity (Wildman–Crippen MR) is 49.3 cm³/mol. The topological polar surface area (TPSA) is 21.6 Å². The van der Waals surface area contributed by atoms with Crippen molar-refractivity contribution in [1.82, 2.24) is 0 Å². The van der Waals surface area contributed by atoms with Gasteiger partial charge < -0.3 is 4.74 Å². The highest BCUT2D eigenvalue weighted by molar-refractivity contribution is 5.80. The minimum Gasteiger partial charge on any atom is -0.471 e. The zero-order valence-electron chi connectivity index (χ0n) is 7.66. The van der Waals surface area contributed by atoms with Crippen LogP contribution in [0.1, 0.15) is 26.7 Å². The zero-order chi connectivity index (χ0) is 8.55. The van der Waals surface area contributed by atoms with Crippen LogP contribution in [0.25, 0.3) is 0 Å². The number of hydrogen-bond donors (Lipinski definition) is 0. The average Bonchev–Trinajstić information content (AvgIpc) is 2.46. The summed E-state index contributed by atoms with van der Waals surface area (Å²) in [5.74, 6) is 1.38. The summed E-state index contributed by atoms with van der Waals surface area (Å²) >= 11 is 0. The second-order valence-corrected chi connectivity index (χ2v) is 3.78.